The van der Waals surface area contributed by atoms with Crippen molar-refractivity contribution in [3.8, 4) is 0 Å². The summed E-state index contributed by atoms with van der Waals surface area (Å²) in [5.74, 6) is -0.282. The number of nitrogens with one attached hydrogen (secondary N) is 1. The van der Waals surface area contributed by atoms with Crippen molar-refractivity contribution in [2.45, 2.75) is 39.7 Å². The second-order valence-corrected chi connectivity index (χ2v) is 9.09. The van der Waals surface area contributed by atoms with Crippen molar-refractivity contribution < 1.29 is 14.0 Å². The van der Waals surface area contributed by atoms with Crippen molar-refractivity contribution in [2.75, 3.05) is 23.3 Å². The summed E-state index contributed by atoms with van der Waals surface area (Å²) in [5, 5.41) is 2.91. The molecular formula is C28H30FN3O2. The molecule has 1 aliphatic rings. The van der Waals surface area contributed by atoms with Gasteiger partial charge in [-0.25, -0.2) is 9.18 Å². The maximum atomic E-state index is 13.4. The highest BCUT2D eigenvalue weighted by Crippen LogP contribution is 2.31. The van der Waals surface area contributed by atoms with E-state index in [1.54, 1.807) is 4.90 Å². The lowest BCUT2D eigenvalue weighted by molar-refractivity contribution is 0.102. The average molecular weight is 460 g/mol. The molecule has 1 saturated heterocycles. The minimum atomic E-state index is -0.398. The van der Waals surface area contributed by atoms with Gasteiger partial charge in [0, 0.05) is 25.2 Å². The van der Waals surface area contributed by atoms with E-state index in [9.17, 15) is 14.0 Å². The van der Waals surface area contributed by atoms with Gasteiger partial charge >= 0.3 is 6.03 Å². The number of hydrogen-bond donors (Lipinski definition) is 1. The van der Waals surface area contributed by atoms with Crippen LogP contribution in [0.2, 0.25) is 0 Å². The third-order valence-corrected chi connectivity index (χ3v) is 6.13. The summed E-state index contributed by atoms with van der Waals surface area (Å²) in [5.41, 5.74) is 4.90. The molecule has 0 atom stereocenters. The molecule has 0 bridgehead atoms. The van der Waals surface area contributed by atoms with Crippen LogP contribution in [0.4, 0.5) is 20.6 Å². The van der Waals surface area contributed by atoms with Crippen molar-refractivity contribution >= 4 is 23.3 Å². The van der Waals surface area contributed by atoms with Gasteiger partial charge in [0.15, 0.2) is 0 Å². The molecule has 0 unspecified atom stereocenters. The molecule has 5 nitrogen and oxygen atoms in total. The van der Waals surface area contributed by atoms with Gasteiger partial charge < -0.3 is 10.2 Å². The standard InChI is InChI=1S/C28H30FN3O2/c1-19(2)22-8-6-21(7-9-22)18-31-15-4-16-32(28(31)34)26-14-5-20(3)17-25(26)30-27(33)23-10-12-24(29)13-11-23/h5-14,17,19H,4,15-16,18H2,1-3H3,(H,30,33). The molecule has 3 aromatic rings. The Morgan fingerprint density at radius 1 is 1.00 bits per heavy atom. The molecule has 3 aromatic carbocycles. The van der Waals surface area contributed by atoms with Crippen molar-refractivity contribution in [3.63, 3.8) is 0 Å². The first-order valence-electron chi connectivity index (χ1n) is 11.6. The van der Waals surface area contributed by atoms with Crippen LogP contribution >= 0.6 is 0 Å². The van der Waals surface area contributed by atoms with Crippen LogP contribution in [0.15, 0.2) is 66.7 Å². The number of benzene rings is 3. The zero-order chi connectivity index (χ0) is 24.2. The number of anilines is 2. The minimum absolute atomic E-state index is 0.0830. The van der Waals surface area contributed by atoms with Crippen LogP contribution in [-0.4, -0.2) is 29.9 Å². The predicted molar refractivity (Wildman–Crippen MR) is 134 cm³/mol. The van der Waals surface area contributed by atoms with Crippen LogP contribution < -0.4 is 10.2 Å². The van der Waals surface area contributed by atoms with Crippen LogP contribution in [0.1, 0.15) is 53.2 Å². The highest BCUT2D eigenvalue weighted by atomic mass is 19.1. The number of carbonyl (C=O) groups is 2. The summed E-state index contributed by atoms with van der Waals surface area (Å²) in [6.07, 6.45) is 0.828. The monoisotopic (exact) mass is 459 g/mol. The lowest BCUT2D eigenvalue weighted by Crippen LogP contribution is -2.49. The third kappa shape index (κ3) is 5.28. The van der Waals surface area contributed by atoms with Crippen molar-refractivity contribution in [2.24, 2.45) is 0 Å². The summed E-state index contributed by atoms with van der Waals surface area (Å²) in [7, 11) is 0. The fourth-order valence-corrected chi connectivity index (χ4v) is 4.16. The molecule has 34 heavy (non-hydrogen) atoms. The maximum absolute atomic E-state index is 13.4. The molecule has 0 saturated carbocycles. The molecule has 0 aliphatic carbocycles. The van der Waals surface area contributed by atoms with Gasteiger partial charge in [0.05, 0.1) is 11.4 Å². The van der Waals surface area contributed by atoms with E-state index < -0.39 is 5.82 Å². The van der Waals surface area contributed by atoms with Gasteiger partial charge in [0.1, 0.15) is 5.82 Å². The number of carbonyl (C=O) groups excluding carboxylic acids is 2. The Hall–Kier alpha value is -3.67. The first-order chi connectivity index (χ1) is 16.3. The molecule has 3 amide bonds. The molecular weight excluding hydrogens is 429 g/mol. The molecule has 1 aliphatic heterocycles. The topological polar surface area (TPSA) is 52.6 Å². The molecule has 0 radical (unpaired) electrons. The molecule has 6 heteroatoms. The van der Waals surface area contributed by atoms with E-state index in [2.05, 4.69) is 43.4 Å². The Morgan fingerprint density at radius 2 is 1.71 bits per heavy atom. The van der Waals surface area contributed by atoms with Gasteiger partial charge in [-0.3, -0.25) is 9.69 Å². The summed E-state index contributed by atoms with van der Waals surface area (Å²) in [4.78, 5) is 29.8. The first-order valence-corrected chi connectivity index (χ1v) is 11.6. The zero-order valence-corrected chi connectivity index (χ0v) is 19.8. The smallest absolute Gasteiger partial charge is 0.320 e. The zero-order valence-electron chi connectivity index (χ0n) is 19.8. The molecule has 1 fully saturated rings. The van der Waals surface area contributed by atoms with Crippen molar-refractivity contribution in [1.82, 2.24) is 4.90 Å². The van der Waals surface area contributed by atoms with E-state index in [0.717, 1.165) is 17.5 Å². The van der Waals surface area contributed by atoms with E-state index in [4.69, 9.17) is 0 Å². The normalized spacial score (nSPS) is 14.0. The lowest BCUT2D eigenvalue weighted by Gasteiger charge is -2.36. The number of rotatable bonds is 6. The van der Waals surface area contributed by atoms with Crippen LogP contribution in [-0.2, 0) is 6.54 Å². The molecule has 1 heterocycles. The molecule has 176 valence electrons. The quantitative estimate of drug-likeness (QED) is 0.467. The van der Waals surface area contributed by atoms with Gasteiger partial charge in [0.2, 0.25) is 0 Å². The second kappa shape index (κ2) is 10.1. The fraction of sp³-hybridized carbons (Fsp3) is 0.286. The van der Waals surface area contributed by atoms with Crippen LogP contribution in [0.25, 0.3) is 0 Å². The van der Waals surface area contributed by atoms with E-state index in [1.165, 1.54) is 29.8 Å². The fourth-order valence-electron chi connectivity index (χ4n) is 4.16. The van der Waals surface area contributed by atoms with Crippen molar-refractivity contribution in [3.05, 3.63) is 94.8 Å². The largest absolute Gasteiger partial charge is 0.324 e. The Bertz CT molecular complexity index is 1170. The van der Waals surface area contributed by atoms with E-state index in [1.807, 2.05) is 30.0 Å². The van der Waals surface area contributed by atoms with Crippen LogP contribution in [0, 0.1) is 12.7 Å². The average Bonchev–Trinajstić information content (AvgIpc) is 2.82. The van der Waals surface area contributed by atoms with Crippen LogP contribution in [0.3, 0.4) is 0 Å². The Balaban J connectivity index is 1.54. The van der Waals surface area contributed by atoms with E-state index >= 15 is 0 Å². The Kier molecular flexibility index (Phi) is 6.96. The second-order valence-electron chi connectivity index (χ2n) is 9.09. The first kappa shape index (κ1) is 23.5. The molecule has 4 rings (SSSR count). The number of hydrogen-bond acceptors (Lipinski definition) is 2. The number of nitrogens with zero attached hydrogens (tertiary/aromatic N) is 2. The lowest BCUT2D eigenvalue weighted by atomic mass is 10.0. The van der Waals surface area contributed by atoms with Crippen LogP contribution in [0.5, 0.6) is 0 Å². The Morgan fingerprint density at radius 3 is 2.38 bits per heavy atom. The van der Waals surface area contributed by atoms with Gasteiger partial charge in [-0.1, -0.05) is 44.2 Å². The van der Waals surface area contributed by atoms with E-state index in [-0.39, 0.29) is 11.9 Å². The summed E-state index contributed by atoms with van der Waals surface area (Å²) in [6.45, 7) is 8.05. The SMILES string of the molecule is Cc1ccc(N2CCCN(Cc3ccc(C(C)C)cc3)C2=O)c(NC(=O)c2ccc(F)cc2)c1. The minimum Gasteiger partial charge on any atom is -0.320 e. The number of aryl methyl sites for hydroxylation is 1. The van der Waals surface area contributed by atoms with Gasteiger partial charge in [-0.15, -0.1) is 0 Å². The van der Waals surface area contributed by atoms with Crippen molar-refractivity contribution in [1.29, 1.82) is 0 Å². The maximum Gasteiger partial charge on any atom is 0.324 e. The van der Waals surface area contributed by atoms with E-state index in [0.29, 0.717) is 42.5 Å². The number of urea groups is 1. The highest BCUT2D eigenvalue weighted by Gasteiger charge is 2.28. The molecule has 1 N–H and O–H groups in total. The summed E-state index contributed by atoms with van der Waals surface area (Å²) < 4.78 is 13.2. The summed E-state index contributed by atoms with van der Waals surface area (Å²) in [6, 6.07) is 19.4. The van der Waals surface area contributed by atoms with Gasteiger partial charge in [-0.2, -0.15) is 0 Å². The van der Waals surface area contributed by atoms with Gasteiger partial charge in [0.25, 0.3) is 5.91 Å². The third-order valence-electron chi connectivity index (χ3n) is 6.13. The predicted octanol–water partition coefficient (Wildman–Crippen LogP) is 6.34. The number of amides is 3. The molecule has 0 aromatic heterocycles. The van der Waals surface area contributed by atoms with Gasteiger partial charge in [-0.05, 0) is 72.4 Å². The molecule has 0 spiro atoms. The highest BCUT2D eigenvalue weighted by molar-refractivity contribution is 6.07. The Labute approximate surface area is 200 Å². The number of halogens is 1. The summed E-state index contributed by atoms with van der Waals surface area (Å²) >= 11 is 0.